The fourth-order valence-corrected chi connectivity index (χ4v) is 3.94. The average Bonchev–Trinajstić information content (AvgIpc) is 3.28. The lowest BCUT2D eigenvalue weighted by atomic mass is 9.95. The molecule has 27 heavy (non-hydrogen) atoms. The number of anilines is 1. The number of imidazole rings is 1. The number of ether oxygens (including phenoxy) is 1. The molecule has 3 aromatic rings. The van der Waals surface area contributed by atoms with Gasteiger partial charge in [0.15, 0.2) is 5.69 Å². The van der Waals surface area contributed by atoms with E-state index in [1.165, 1.54) is 39.2 Å². The Kier molecular flexibility index (Phi) is 4.32. The minimum absolute atomic E-state index is 0.122. The van der Waals surface area contributed by atoms with Crippen molar-refractivity contribution in [2.45, 2.75) is 38.1 Å². The first-order valence-electron chi connectivity index (χ1n) is 9.10. The third-order valence-corrected chi connectivity index (χ3v) is 5.35. The zero-order chi connectivity index (χ0) is 19.0. The number of esters is 1. The highest BCUT2D eigenvalue weighted by Crippen LogP contribution is 2.32. The van der Waals surface area contributed by atoms with E-state index in [0.717, 1.165) is 11.0 Å². The van der Waals surface area contributed by atoms with Crippen LogP contribution in [0.5, 0.6) is 0 Å². The molecule has 0 aliphatic heterocycles. The van der Waals surface area contributed by atoms with Crippen LogP contribution in [0.2, 0.25) is 0 Å². The van der Waals surface area contributed by atoms with Crippen molar-refractivity contribution >= 4 is 22.7 Å². The number of aromatic nitrogens is 3. The number of hydrogen-bond acceptors (Lipinski definition) is 5. The van der Waals surface area contributed by atoms with Gasteiger partial charge in [-0.3, -0.25) is 0 Å². The molecule has 1 aliphatic rings. The topological polar surface area (TPSA) is 98.9 Å². The van der Waals surface area contributed by atoms with Gasteiger partial charge in [0.1, 0.15) is 6.07 Å². The van der Waals surface area contributed by atoms with Crippen LogP contribution in [0.4, 0.5) is 5.69 Å². The van der Waals surface area contributed by atoms with E-state index >= 15 is 0 Å². The molecule has 1 aromatic carbocycles. The van der Waals surface area contributed by atoms with Gasteiger partial charge >= 0.3 is 5.97 Å². The number of fused-ring (bicyclic) bond motifs is 1. The summed E-state index contributed by atoms with van der Waals surface area (Å²) in [5.74, 6) is -0.582. The van der Waals surface area contributed by atoms with Gasteiger partial charge in [-0.05, 0) is 31.0 Å². The van der Waals surface area contributed by atoms with Crippen molar-refractivity contribution in [1.82, 2.24) is 14.1 Å². The molecule has 4 rings (SSSR count). The van der Waals surface area contributed by atoms with E-state index in [1.807, 2.05) is 30.6 Å². The predicted molar refractivity (Wildman–Crippen MR) is 102 cm³/mol. The largest absolute Gasteiger partial charge is 0.464 e. The lowest BCUT2D eigenvalue weighted by Gasteiger charge is -2.23. The molecule has 1 fully saturated rings. The van der Waals surface area contributed by atoms with Crippen LogP contribution in [0.1, 0.15) is 54.2 Å². The molecule has 0 atom stereocenters. The number of nitrogens with zero attached hydrogens (tertiary/aromatic N) is 4. The molecule has 0 bridgehead atoms. The fourth-order valence-electron chi connectivity index (χ4n) is 3.94. The molecular weight excluding hydrogens is 342 g/mol. The smallest absolute Gasteiger partial charge is 0.357 e. The number of hydrogen-bond donors (Lipinski definition) is 1. The number of carbonyl (C=O) groups is 1. The number of nitriles is 1. The van der Waals surface area contributed by atoms with Crippen LogP contribution in [0.25, 0.3) is 16.7 Å². The first-order chi connectivity index (χ1) is 13.1. The zero-order valence-corrected chi connectivity index (χ0v) is 15.2. The van der Waals surface area contributed by atoms with Crippen LogP contribution >= 0.6 is 0 Å². The molecule has 0 spiro atoms. The number of carbonyl (C=O) groups excluding carboxylic acids is 1. The van der Waals surface area contributed by atoms with Gasteiger partial charge in [-0.15, -0.1) is 0 Å². The summed E-state index contributed by atoms with van der Waals surface area (Å²) >= 11 is 0. The summed E-state index contributed by atoms with van der Waals surface area (Å²) in [5.41, 5.74) is 9.13. The van der Waals surface area contributed by atoms with Crippen molar-refractivity contribution < 1.29 is 9.53 Å². The van der Waals surface area contributed by atoms with E-state index in [0.29, 0.717) is 11.7 Å². The fraction of sp³-hybridized carbons (Fsp3) is 0.350. The minimum Gasteiger partial charge on any atom is -0.464 e. The molecule has 0 amide bonds. The Bertz CT molecular complexity index is 1050. The zero-order valence-electron chi connectivity index (χ0n) is 15.2. The Hall–Kier alpha value is -3.27. The third-order valence-electron chi connectivity index (χ3n) is 5.35. The summed E-state index contributed by atoms with van der Waals surface area (Å²) in [6.07, 6.45) is 9.63. The maximum absolute atomic E-state index is 12.2. The molecule has 2 N–H and O–H groups in total. The molecule has 2 heterocycles. The SMILES string of the molecule is COC(=O)c1c(N)c(C#N)cn1-c1ccc2c(c1)ncn2C1CCCCC1. The van der Waals surface area contributed by atoms with Crippen LogP contribution in [0, 0.1) is 11.3 Å². The summed E-state index contributed by atoms with van der Waals surface area (Å²) in [7, 11) is 1.29. The number of rotatable bonds is 3. The molecule has 1 saturated carbocycles. The molecule has 2 aromatic heterocycles. The summed E-state index contributed by atoms with van der Waals surface area (Å²) in [6.45, 7) is 0. The second-order valence-electron chi connectivity index (χ2n) is 6.90. The molecular formula is C20H21N5O2. The van der Waals surface area contributed by atoms with Crippen molar-refractivity contribution in [2.24, 2.45) is 0 Å². The van der Waals surface area contributed by atoms with Gasteiger partial charge in [0.05, 0.1) is 35.7 Å². The molecule has 0 saturated heterocycles. The second-order valence-corrected chi connectivity index (χ2v) is 6.90. The molecule has 1 aliphatic carbocycles. The lowest BCUT2D eigenvalue weighted by Crippen LogP contribution is -2.12. The van der Waals surface area contributed by atoms with Crippen LogP contribution in [-0.4, -0.2) is 27.2 Å². The maximum atomic E-state index is 12.2. The van der Waals surface area contributed by atoms with E-state index < -0.39 is 5.97 Å². The first kappa shape index (κ1) is 17.2. The number of benzene rings is 1. The van der Waals surface area contributed by atoms with Gasteiger partial charge in [0.25, 0.3) is 0 Å². The van der Waals surface area contributed by atoms with Gasteiger partial charge < -0.3 is 19.6 Å². The highest BCUT2D eigenvalue weighted by Gasteiger charge is 2.22. The Balaban J connectivity index is 1.80. The number of methoxy groups -OCH3 is 1. The Morgan fingerprint density at radius 3 is 2.81 bits per heavy atom. The van der Waals surface area contributed by atoms with Crippen LogP contribution in [0.15, 0.2) is 30.7 Å². The van der Waals surface area contributed by atoms with Crippen molar-refractivity contribution in [3.8, 4) is 11.8 Å². The molecule has 0 unspecified atom stereocenters. The van der Waals surface area contributed by atoms with E-state index in [1.54, 1.807) is 10.8 Å². The van der Waals surface area contributed by atoms with Crippen molar-refractivity contribution in [2.75, 3.05) is 12.8 Å². The second kappa shape index (κ2) is 6.80. The summed E-state index contributed by atoms with van der Waals surface area (Å²) < 4.78 is 8.69. The van der Waals surface area contributed by atoms with Gasteiger partial charge in [0.2, 0.25) is 0 Å². The monoisotopic (exact) mass is 363 g/mol. The van der Waals surface area contributed by atoms with Gasteiger partial charge in [0, 0.05) is 17.9 Å². The Morgan fingerprint density at radius 2 is 2.11 bits per heavy atom. The van der Waals surface area contributed by atoms with Gasteiger partial charge in [-0.2, -0.15) is 5.26 Å². The van der Waals surface area contributed by atoms with E-state index in [-0.39, 0.29) is 16.9 Å². The van der Waals surface area contributed by atoms with Crippen molar-refractivity contribution in [3.05, 3.63) is 42.0 Å². The average molecular weight is 363 g/mol. The highest BCUT2D eigenvalue weighted by molar-refractivity contribution is 5.96. The molecule has 7 heteroatoms. The number of nitrogen functional groups attached to an aromatic ring is 1. The van der Waals surface area contributed by atoms with Gasteiger partial charge in [-0.1, -0.05) is 19.3 Å². The maximum Gasteiger partial charge on any atom is 0.357 e. The minimum atomic E-state index is -0.582. The van der Waals surface area contributed by atoms with Crippen molar-refractivity contribution in [1.29, 1.82) is 5.26 Å². The molecule has 138 valence electrons. The quantitative estimate of drug-likeness (QED) is 0.717. The lowest BCUT2D eigenvalue weighted by molar-refractivity contribution is 0.0593. The predicted octanol–water partition coefficient (Wildman–Crippen LogP) is 3.57. The summed E-state index contributed by atoms with van der Waals surface area (Å²) in [4.78, 5) is 16.7. The van der Waals surface area contributed by atoms with Crippen molar-refractivity contribution in [3.63, 3.8) is 0 Å². The standard InChI is InChI=1S/C20H21N5O2/c1-27-20(26)19-18(22)13(10-21)11-24(19)15-7-8-17-16(9-15)23-12-25(17)14-5-3-2-4-6-14/h7-9,11-12,14H,2-6,22H2,1H3. The van der Waals surface area contributed by atoms with Crippen LogP contribution < -0.4 is 5.73 Å². The molecule has 7 nitrogen and oxygen atoms in total. The Morgan fingerprint density at radius 1 is 1.33 bits per heavy atom. The van der Waals surface area contributed by atoms with Gasteiger partial charge in [-0.25, -0.2) is 9.78 Å². The molecule has 0 radical (unpaired) electrons. The highest BCUT2D eigenvalue weighted by atomic mass is 16.5. The van der Waals surface area contributed by atoms with E-state index in [9.17, 15) is 10.1 Å². The van der Waals surface area contributed by atoms with E-state index in [2.05, 4.69) is 9.55 Å². The Labute approximate surface area is 157 Å². The third kappa shape index (κ3) is 2.83. The number of nitrogens with two attached hydrogens (primary N) is 1. The van der Waals surface area contributed by atoms with Crippen LogP contribution in [-0.2, 0) is 4.74 Å². The summed E-state index contributed by atoms with van der Waals surface area (Å²) in [5, 5.41) is 9.27. The van der Waals surface area contributed by atoms with E-state index in [4.69, 9.17) is 10.5 Å². The normalized spacial score (nSPS) is 15.0. The summed E-state index contributed by atoms with van der Waals surface area (Å²) in [6, 6.07) is 8.34. The first-order valence-corrected chi connectivity index (χ1v) is 9.10. The van der Waals surface area contributed by atoms with Crippen LogP contribution in [0.3, 0.4) is 0 Å².